The first-order valence-electron chi connectivity index (χ1n) is 11.5. The fraction of sp³-hybridized carbons (Fsp3) is 0.0667. The van der Waals surface area contributed by atoms with Crippen molar-refractivity contribution in [1.29, 1.82) is 0 Å². The van der Waals surface area contributed by atoms with Crippen LogP contribution in [0.4, 0.5) is 0 Å². The van der Waals surface area contributed by atoms with Crippen LogP contribution in [0, 0.1) is 0 Å². The Morgan fingerprint density at radius 3 is 2.26 bits per heavy atom. The SMILES string of the molecule is CC(=NNC(=O)c1ccc(-n2cccc2)cc1)c1ccc(OCc2cccc3ccccc23)cc1. The Labute approximate surface area is 204 Å². The molecule has 5 heteroatoms. The van der Waals surface area contributed by atoms with Gasteiger partial charge in [0.05, 0.1) is 5.71 Å². The van der Waals surface area contributed by atoms with Crippen molar-refractivity contribution < 1.29 is 9.53 Å². The van der Waals surface area contributed by atoms with Gasteiger partial charge in [-0.3, -0.25) is 4.79 Å². The smallest absolute Gasteiger partial charge is 0.271 e. The number of nitrogens with one attached hydrogen (secondary N) is 1. The molecule has 172 valence electrons. The van der Waals surface area contributed by atoms with E-state index in [1.54, 1.807) is 12.1 Å². The molecule has 35 heavy (non-hydrogen) atoms. The van der Waals surface area contributed by atoms with Crippen molar-refractivity contribution in [1.82, 2.24) is 9.99 Å². The van der Waals surface area contributed by atoms with E-state index in [4.69, 9.17) is 4.74 Å². The number of hydrogen-bond acceptors (Lipinski definition) is 3. The molecule has 1 amide bonds. The maximum atomic E-state index is 12.5. The zero-order chi connectivity index (χ0) is 24.0. The zero-order valence-electron chi connectivity index (χ0n) is 19.4. The van der Waals surface area contributed by atoms with Crippen molar-refractivity contribution in [2.45, 2.75) is 13.5 Å². The molecular formula is C30H25N3O2. The number of rotatable bonds is 7. The number of hydrogen-bond donors (Lipinski definition) is 1. The third kappa shape index (κ3) is 5.14. The van der Waals surface area contributed by atoms with Gasteiger partial charge in [0.15, 0.2) is 0 Å². The molecule has 0 aliphatic carbocycles. The van der Waals surface area contributed by atoms with Gasteiger partial charge in [-0.05, 0) is 89.5 Å². The molecule has 0 aliphatic heterocycles. The highest BCUT2D eigenvalue weighted by atomic mass is 16.5. The van der Waals surface area contributed by atoms with E-state index in [0.29, 0.717) is 17.9 Å². The maximum Gasteiger partial charge on any atom is 0.271 e. The Bertz CT molecular complexity index is 1460. The molecule has 0 spiro atoms. The van der Waals surface area contributed by atoms with E-state index in [-0.39, 0.29) is 5.91 Å². The predicted molar refractivity (Wildman–Crippen MR) is 140 cm³/mol. The predicted octanol–water partition coefficient (Wildman–Crippen LogP) is 6.36. The lowest BCUT2D eigenvalue weighted by atomic mass is 10.1. The average Bonchev–Trinajstić information content (AvgIpc) is 3.46. The number of carbonyl (C=O) groups is 1. The van der Waals surface area contributed by atoms with E-state index >= 15 is 0 Å². The molecule has 0 fully saturated rings. The minimum Gasteiger partial charge on any atom is -0.489 e. The molecule has 0 saturated heterocycles. The van der Waals surface area contributed by atoms with Crippen LogP contribution in [0.1, 0.15) is 28.4 Å². The average molecular weight is 460 g/mol. The number of benzene rings is 4. The molecule has 5 nitrogen and oxygen atoms in total. The van der Waals surface area contributed by atoms with Crippen LogP contribution in [0.25, 0.3) is 16.5 Å². The van der Waals surface area contributed by atoms with Crippen LogP contribution in [-0.4, -0.2) is 16.2 Å². The van der Waals surface area contributed by atoms with Gasteiger partial charge in [0, 0.05) is 23.6 Å². The van der Waals surface area contributed by atoms with Crippen molar-refractivity contribution in [3.05, 3.63) is 132 Å². The fourth-order valence-electron chi connectivity index (χ4n) is 3.93. The number of hydrazone groups is 1. The van der Waals surface area contributed by atoms with Crippen molar-refractivity contribution in [2.24, 2.45) is 5.10 Å². The second-order valence-electron chi connectivity index (χ2n) is 8.23. The minimum atomic E-state index is -0.251. The Kier molecular flexibility index (Phi) is 6.39. The van der Waals surface area contributed by atoms with Crippen LogP contribution in [0.3, 0.4) is 0 Å². The molecule has 0 aliphatic rings. The molecule has 0 radical (unpaired) electrons. The van der Waals surface area contributed by atoms with Gasteiger partial charge >= 0.3 is 0 Å². The maximum absolute atomic E-state index is 12.5. The van der Waals surface area contributed by atoms with E-state index in [1.165, 1.54) is 10.8 Å². The van der Waals surface area contributed by atoms with Gasteiger partial charge in [0.1, 0.15) is 12.4 Å². The van der Waals surface area contributed by atoms with Crippen LogP contribution in [0.2, 0.25) is 0 Å². The largest absolute Gasteiger partial charge is 0.489 e. The summed E-state index contributed by atoms with van der Waals surface area (Å²) in [7, 11) is 0. The Morgan fingerprint density at radius 1 is 0.800 bits per heavy atom. The summed E-state index contributed by atoms with van der Waals surface area (Å²) >= 11 is 0. The van der Waals surface area contributed by atoms with Crippen LogP contribution < -0.4 is 10.2 Å². The first-order valence-corrected chi connectivity index (χ1v) is 11.5. The Hall–Kier alpha value is -4.64. The van der Waals surface area contributed by atoms with Gasteiger partial charge in [-0.2, -0.15) is 5.10 Å². The number of ether oxygens (including phenoxy) is 1. The highest BCUT2D eigenvalue weighted by molar-refractivity contribution is 6.01. The molecule has 0 atom stereocenters. The van der Waals surface area contributed by atoms with Gasteiger partial charge in [-0.15, -0.1) is 0 Å². The summed E-state index contributed by atoms with van der Waals surface area (Å²) < 4.78 is 8.00. The number of amides is 1. The van der Waals surface area contributed by atoms with E-state index < -0.39 is 0 Å². The molecule has 0 saturated carbocycles. The molecule has 5 rings (SSSR count). The van der Waals surface area contributed by atoms with Crippen molar-refractivity contribution in [3.63, 3.8) is 0 Å². The molecule has 4 aromatic carbocycles. The third-order valence-corrected chi connectivity index (χ3v) is 5.90. The van der Waals surface area contributed by atoms with E-state index in [1.807, 2.05) is 84.5 Å². The fourth-order valence-corrected chi connectivity index (χ4v) is 3.93. The van der Waals surface area contributed by atoms with E-state index in [2.05, 4.69) is 40.9 Å². The monoisotopic (exact) mass is 459 g/mol. The summed E-state index contributed by atoms with van der Waals surface area (Å²) in [6.07, 6.45) is 3.92. The quantitative estimate of drug-likeness (QED) is 0.227. The molecule has 1 N–H and O–H groups in total. The minimum absolute atomic E-state index is 0.251. The number of fused-ring (bicyclic) bond motifs is 1. The Morgan fingerprint density at radius 2 is 1.49 bits per heavy atom. The molecule has 0 bridgehead atoms. The van der Waals surface area contributed by atoms with Gasteiger partial charge in [-0.1, -0.05) is 42.5 Å². The normalized spacial score (nSPS) is 11.4. The Balaban J connectivity index is 1.19. The summed E-state index contributed by atoms with van der Waals surface area (Å²) in [5, 5.41) is 6.67. The summed E-state index contributed by atoms with van der Waals surface area (Å²) in [6.45, 7) is 2.36. The summed E-state index contributed by atoms with van der Waals surface area (Å²) in [4.78, 5) is 12.5. The van der Waals surface area contributed by atoms with Crippen LogP contribution in [0.5, 0.6) is 5.75 Å². The van der Waals surface area contributed by atoms with Crippen LogP contribution >= 0.6 is 0 Å². The van der Waals surface area contributed by atoms with Crippen molar-refractivity contribution in [3.8, 4) is 11.4 Å². The van der Waals surface area contributed by atoms with Crippen molar-refractivity contribution >= 4 is 22.4 Å². The lowest BCUT2D eigenvalue weighted by Crippen LogP contribution is -2.19. The number of aromatic nitrogens is 1. The van der Waals surface area contributed by atoms with E-state index in [0.717, 1.165) is 22.6 Å². The lowest BCUT2D eigenvalue weighted by molar-refractivity contribution is 0.0955. The first-order chi connectivity index (χ1) is 17.2. The topological polar surface area (TPSA) is 55.6 Å². The molecule has 1 heterocycles. The van der Waals surface area contributed by atoms with Crippen LogP contribution in [0.15, 0.2) is 121 Å². The first kappa shape index (κ1) is 22.2. The number of nitrogens with zero attached hydrogens (tertiary/aromatic N) is 2. The summed E-state index contributed by atoms with van der Waals surface area (Å²) in [5.74, 6) is 0.528. The summed E-state index contributed by atoms with van der Waals surface area (Å²) in [6, 6.07) is 33.6. The lowest BCUT2D eigenvalue weighted by Gasteiger charge is -2.10. The molecular weight excluding hydrogens is 434 g/mol. The van der Waals surface area contributed by atoms with Gasteiger partial charge in [-0.25, -0.2) is 5.43 Å². The third-order valence-electron chi connectivity index (χ3n) is 5.90. The second kappa shape index (κ2) is 10.1. The van der Waals surface area contributed by atoms with Crippen LogP contribution in [-0.2, 0) is 6.61 Å². The highest BCUT2D eigenvalue weighted by Crippen LogP contribution is 2.21. The zero-order valence-corrected chi connectivity index (χ0v) is 19.4. The number of carbonyl (C=O) groups excluding carboxylic acids is 1. The van der Waals surface area contributed by atoms with E-state index in [9.17, 15) is 4.79 Å². The standard InChI is InChI=1S/C30H25N3O2/c1-22(31-32-30(34)25-11-15-27(16-12-25)33-19-4-5-20-33)23-13-17-28(18-14-23)35-21-26-9-6-8-24-7-2-3-10-29(24)26/h2-20H,21H2,1H3,(H,32,34). The highest BCUT2D eigenvalue weighted by Gasteiger charge is 2.07. The molecule has 1 aromatic heterocycles. The van der Waals surface area contributed by atoms with Gasteiger partial charge < -0.3 is 9.30 Å². The molecule has 5 aromatic rings. The van der Waals surface area contributed by atoms with Gasteiger partial charge in [0.2, 0.25) is 0 Å². The summed E-state index contributed by atoms with van der Waals surface area (Å²) in [5.41, 5.74) is 6.95. The second-order valence-corrected chi connectivity index (χ2v) is 8.23. The van der Waals surface area contributed by atoms with Crippen molar-refractivity contribution in [2.75, 3.05) is 0 Å². The van der Waals surface area contributed by atoms with Gasteiger partial charge in [0.25, 0.3) is 5.91 Å². The molecule has 0 unspecified atom stereocenters.